The molecule has 1 aliphatic rings. The van der Waals surface area contributed by atoms with Gasteiger partial charge in [-0.2, -0.15) is 8.75 Å². The van der Waals surface area contributed by atoms with E-state index in [-0.39, 0.29) is 5.41 Å². The molecule has 0 N–H and O–H groups in total. The Hall–Kier alpha value is -2.62. The van der Waals surface area contributed by atoms with Gasteiger partial charge in [0, 0.05) is 38.4 Å². The normalized spacial score (nSPS) is 13.6. The monoisotopic (exact) mass is 529 g/mol. The SMILES string of the molecule is C[B]c1ccc(-c2ccc3c(c2)C(CCOCCOC)(CCOCCOC)c2ccccc2-3)c2nsnc12. The Morgan fingerprint density at radius 3 is 2.08 bits per heavy atom. The molecule has 0 saturated heterocycles. The molecule has 0 atom stereocenters. The molecule has 0 saturated carbocycles. The lowest BCUT2D eigenvalue weighted by atomic mass is 9.71. The van der Waals surface area contributed by atoms with Crippen molar-refractivity contribution in [1.29, 1.82) is 0 Å². The molecule has 5 rings (SSSR count). The highest BCUT2D eigenvalue weighted by Crippen LogP contribution is 2.53. The highest BCUT2D eigenvalue weighted by Gasteiger charge is 2.42. The van der Waals surface area contributed by atoms with Crippen molar-refractivity contribution in [3.05, 3.63) is 65.7 Å². The summed E-state index contributed by atoms with van der Waals surface area (Å²) in [5.74, 6) is 0. The number of benzene rings is 3. The van der Waals surface area contributed by atoms with Crippen molar-refractivity contribution >= 4 is 35.5 Å². The minimum Gasteiger partial charge on any atom is -0.382 e. The molecular weight excluding hydrogens is 495 g/mol. The summed E-state index contributed by atoms with van der Waals surface area (Å²) in [5, 5.41) is 0. The maximum absolute atomic E-state index is 6.02. The molecule has 1 aliphatic carbocycles. The molecule has 197 valence electrons. The lowest BCUT2D eigenvalue weighted by Crippen LogP contribution is -2.29. The third-order valence-electron chi connectivity index (χ3n) is 7.55. The zero-order valence-electron chi connectivity index (χ0n) is 22.4. The van der Waals surface area contributed by atoms with Gasteiger partial charge < -0.3 is 18.9 Å². The summed E-state index contributed by atoms with van der Waals surface area (Å²) < 4.78 is 31.7. The number of fused-ring (bicyclic) bond motifs is 4. The predicted molar refractivity (Wildman–Crippen MR) is 155 cm³/mol. The number of hydrogen-bond acceptors (Lipinski definition) is 7. The van der Waals surface area contributed by atoms with Crippen LogP contribution >= 0.6 is 11.7 Å². The molecule has 4 aromatic rings. The Kier molecular flexibility index (Phi) is 8.87. The predicted octanol–water partition coefficient (Wildman–Crippen LogP) is 5.11. The molecule has 0 amide bonds. The lowest BCUT2D eigenvalue weighted by molar-refractivity contribution is 0.0491. The van der Waals surface area contributed by atoms with Crippen LogP contribution in [-0.4, -0.2) is 69.9 Å². The van der Waals surface area contributed by atoms with Crippen LogP contribution in [0.5, 0.6) is 0 Å². The average Bonchev–Trinajstić information content (AvgIpc) is 3.55. The van der Waals surface area contributed by atoms with E-state index in [1.807, 2.05) is 6.82 Å². The summed E-state index contributed by atoms with van der Waals surface area (Å²) in [5.41, 5.74) is 10.3. The van der Waals surface area contributed by atoms with Crippen molar-refractivity contribution in [2.75, 3.05) is 53.9 Å². The van der Waals surface area contributed by atoms with Gasteiger partial charge in [-0.1, -0.05) is 60.8 Å². The maximum Gasteiger partial charge on any atom is 0.151 e. The molecule has 3 aromatic carbocycles. The van der Waals surface area contributed by atoms with Crippen LogP contribution in [0.3, 0.4) is 0 Å². The van der Waals surface area contributed by atoms with Crippen LogP contribution in [0.4, 0.5) is 0 Å². The zero-order valence-corrected chi connectivity index (χ0v) is 23.2. The van der Waals surface area contributed by atoms with Gasteiger partial charge in [-0.3, -0.25) is 0 Å². The number of methoxy groups -OCH3 is 2. The van der Waals surface area contributed by atoms with Gasteiger partial charge in [-0.15, -0.1) is 0 Å². The van der Waals surface area contributed by atoms with Gasteiger partial charge in [0.15, 0.2) is 7.28 Å². The zero-order chi connectivity index (χ0) is 26.4. The Balaban J connectivity index is 1.57. The van der Waals surface area contributed by atoms with E-state index in [1.54, 1.807) is 14.2 Å². The fourth-order valence-corrected chi connectivity index (χ4v) is 6.20. The molecule has 0 aliphatic heterocycles. The molecule has 6 nitrogen and oxygen atoms in total. The fourth-order valence-electron chi connectivity index (χ4n) is 5.62. The molecule has 0 spiro atoms. The van der Waals surface area contributed by atoms with Gasteiger partial charge in [0.1, 0.15) is 5.52 Å². The second-order valence-electron chi connectivity index (χ2n) is 9.55. The first-order valence-corrected chi connectivity index (χ1v) is 13.9. The lowest BCUT2D eigenvalue weighted by Gasteiger charge is -2.32. The number of nitrogens with zero attached hydrogens (tertiary/aromatic N) is 2. The van der Waals surface area contributed by atoms with Gasteiger partial charge in [-0.25, -0.2) is 0 Å². The molecule has 38 heavy (non-hydrogen) atoms. The number of hydrogen-bond donors (Lipinski definition) is 0. The van der Waals surface area contributed by atoms with Crippen molar-refractivity contribution in [1.82, 2.24) is 8.75 Å². The summed E-state index contributed by atoms with van der Waals surface area (Å²) in [6.45, 7) is 5.67. The van der Waals surface area contributed by atoms with Crippen molar-refractivity contribution in [2.24, 2.45) is 0 Å². The summed E-state index contributed by atoms with van der Waals surface area (Å²) >= 11 is 1.27. The molecule has 0 unspecified atom stereocenters. The minimum atomic E-state index is -0.224. The third-order valence-corrected chi connectivity index (χ3v) is 8.07. The summed E-state index contributed by atoms with van der Waals surface area (Å²) in [6.07, 6.45) is 1.71. The van der Waals surface area contributed by atoms with Crippen molar-refractivity contribution < 1.29 is 18.9 Å². The van der Waals surface area contributed by atoms with Crippen LogP contribution < -0.4 is 5.46 Å². The van der Waals surface area contributed by atoms with E-state index < -0.39 is 0 Å². The molecule has 1 heterocycles. The van der Waals surface area contributed by atoms with E-state index in [9.17, 15) is 0 Å². The third kappa shape index (κ3) is 5.16. The molecule has 0 fully saturated rings. The first kappa shape index (κ1) is 27.0. The number of rotatable bonds is 14. The first-order valence-electron chi connectivity index (χ1n) is 13.2. The highest BCUT2D eigenvalue weighted by atomic mass is 32.1. The first-order chi connectivity index (χ1) is 18.7. The van der Waals surface area contributed by atoms with Crippen molar-refractivity contribution in [3.63, 3.8) is 0 Å². The van der Waals surface area contributed by atoms with Crippen LogP contribution in [0.1, 0.15) is 24.0 Å². The number of aromatic nitrogens is 2. The van der Waals surface area contributed by atoms with Crippen LogP contribution in [0.25, 0.3) is 33.3 Å². The van der Waals surface area contributed by atoms with E-state index in [0.29, 0.717) is 39.6 Å². The minimum absolute atomic E-state index is 0.224. The van der Waals surface area contributed by atoms with Crippen LogP contribution in [0.15, 0.2) is 54.6 Å². The molecule has 8 heteroatoms. The largest absolute Gasteiger partial charge is 0.382 e. The molecule has 1 aromatic heterocycles. The Morgan fingerprint density at radius 1 is 0.711 bits per heavy atom. The van der Waals surface area contributed by atoms with Crippen molar-refractivity contribution in [2.45, 2.75) is 25.1 Å². The van der Waals surface area contributed by atoms with Gasteiger partial charge in [0.05, 0.1) is 43.7 Å². The standard InChI is InChI=1S/C30H34BN2O4S/c1-31-27-11-10-22(28-29(27)33-38-32-28)21-8-9-24-23-6-4-5-7-25(23)30(26(24)20-21,12-14-36-18-16-34-2)13-15-37-19-17-35-3/h4-11,20H,12-19H2,1-3H3. The smallest absolute Gasteiger partial charge is 0.151 e. The topological polar surface area (TPSA) is 62.7 Å². The Labute approximate surface area is 229 Å². The molecule has 0 bridgehead atoms. The van der Waals surface area contributed by atoms with E-state index >= 15 is 0 Å². The Morgan fingerprint density at radius 2 is 1.37 bits per heavy atom. The van der Waals surface area contributed by atoms with Crippen LogP contribution in [0, 0.1) is 0 Å². The van der Waals surface area contributed by atoms with Gasteiger partial charge in [0.25, 0.3) is 0 Å². The van der Waals surface area contributed by atoms with Gasteiger partial charge >= 0.3 is 0 Å². The van der Waals surface area contributed by atoms with E-state index in [4.69, 9.17) is 18.9 Å². The van der Waals surface area contributed by atoms with E-state index in [2.05, 4.69) is 70.6 Å². The quantitative estimate of drug-likeness (QED) is 0.167. The van der Waals surface area contributed by atoms with Gasteiger partial charge in [-0.05, 0) is 46.7 Å². The second kappa shape index (κ2) is 12.5. The summed E-state index contributed by atoms with van der Waals surface area (Å²) in [6, 6.07) is 19.9. The van der Waals surface area contributed by atoms with Gasteiger partial charge in [0.2, 0.25) is 0 Å². The maximum atomic E-state index is 6.02. The van der Waals surface area contributed by atoms with Crippen molar-refractivity contribution in [3.8, 4) is 22.3 Å². The molecule has 1 radical (unpaired) electrons. The van der Waals surface area contributed by atoms with Crippen LogP contribution in [-0.2, 0) is 24.4 Å². The summed E-state index contributed by atoms with van der Waals surface area (Å²) in [7, 11) is 5.49. The van der Waals surface area contributed by atoms with Crippen LogP contribution in [0.2, 0.25) is 6.82 Å². The average molecular weight is 529 g/mol. The molecular formula is C30H34BN2O4S. The van der Waals surface area contributed by atoms with E-state index in [0.717, 1.165) is 40.5 Å². The van der Waals surface area contributed by atoms with E-state index in [1.165, 1.54) is 34.0 Å². The summed E-state index contributed by atoms with van der Waals surface area (Å²) in [4.78, 5) is 0. The number of ether oxygens (including phenoxy) is 4. The highest BCUT2D eigenvalue weighted by molar-refractivity contribution is 7.00. The second-order valence-corrected chi connectivity index (χ2v) is 10.1. The fraction of sp³-hybridized carbons (Fsp3) is 0.400. The Bertz CT molecular complexity index is 1360.